The van der Waals surface area contributed by atoms with E-state index in [0.29, 0.717) is 5.46 Å². The molecule has 1 aromatic carbocycles. The zero-order valence-electron chi connectivity index (χ0n) is 17.3. The Bertz CT molecular complexity index is 821. The van der Waals surface area contributed by atoms with Gasteiger partial charge in [-0.15, -0.1) is 0 Å². The first-order chi connectivity index (χ1) is 13.4. The molecule has 0 spiro atoms. The number of rotatable bonds is 4. The van der Waals surface area contributed by atoms with Crippen molar-refractivity contribution in [3.63, 3.8) is 0 Å². The van der Waals surface area contributed by atoms with Crippen LogP contribution in [-0.2, 0) is 22.0 Å². The smallest absolute Gasteiger partial charge is 0.399 e. The highest BCUT2D eigenvalue weighted by atomic mass is 19.4. The van der Waals surface area contributed by atoms with Crippen LogP contribution in [0, 0.1) is 5.82 Å². The molecule has 0 radical (unpaired) electrons. The summed E-state index contributed by atoms with van der Waals surface area (Å²) in [6.07, 6.45) is -4.62. The van der Waals surface area contributed by atoms with Gasteiger partial charge in [0.1, 0.15) is 5.82 Å². The molecule has 1 saturated heterocycles. The van der Waals surface area contributed by atoms with Crippen LogP contribution in [0.25, 0.3) is 0 Å². The van der Waals surface area contributed by atoms with Crippen molar-refractivity contribution in [3.8, 4) is 0 Å². The summed E-state index contributed by atoms with van der Waals surface area (Å²) in [4.78, 5) is 0. The Morgan fingerprint density at radius 3 is 2.10 bits per heavy atom. The molecule has 2 aromatic rings. The van der Waals surface area contributed by atoms with Gasteiger partial charge in [0.25, 0.3) is 0 Å². The molecule has 29 heavy (non-hydrogen) atoms. The second kappa shape index (κ2) is 8.35. The molecule has 1 aliphatic rings. The largest absolute Gasteiger partial charge is 0.494 e. The van der Waals surface area contributed by atoms with Crippen molar-refractivity contribution < 1.29 is 31.4 Å². The van der Waals surface area contributed by atoms with Gasteiger partial charge in [0.05, 0.1) is 11.2 Å². The minimum atomic E-state index is -4.62. The predicted molar refractivity (Wildman–Crippen MR) is 102 cm³/mol. The van der Waals surface area contributed by atoms with Crippen molar-refractivity contribution in [3.05, 3.63) is 41.4 Å². The molecule has 0 amide bonds. The van der Waals surface area contributed by atoms with Gasteiger partial charge >= 0.3 is 13.3 Å². The highest BCUT2D eigenvalue weighted by Crippen LogP contribution is 2.36. The first kappa shape index (κ1) is 23.2. The highest BCUT2D eigenvalue weighted by Gasteiger charge is 2.51. The monoisotopic (exact) mass is 416 g/mol. The third-order valence-electron chi connectivity index (χ3n) is 4.85. The Morgan fingerprint density at radius 2 is 1.62 bits per heavy atom. The van der Waals surface area contributed by atoms with Crippen molar-refractivity contribution >= 4 is 18.4 Å². The number of anilines is 1. The Morgan fingerprint density at radius 1 is 1.03 bits per heavy atom. The number of alkyl halides is 3. The maximum absolute atomic E-state index is 14.4. The summed E-state index contributed by atoms with van der Waals surface area (Å²) in [6, 6.07) is 5.19. The van der Waals surface area contributed by atoms with E-state index in [1.807, 2.05) is 41.5 Å². The van der Waals surface area contributed by atoms with Gasteiger partial charge in [-0.1, -0.05) is 31.1 Å². The van der Waals surface area contributed by atoms with Crippen molar-refractivity contribution in [2.45, 2.75) is 65.5 Å². The first-order valence-electron chi connectivity index (χ1n) is 9.31. The molecule has 0 saturated carbocycles. The zero-order chi connectivity index (χ0) is 22.0. The lowest BCUT2D eigenvalue weighted by molar-refractivity contribution is -0.155. The maximum Gasteiger partial charge on any atom is 0.494 e. The summed E-state index contributed by atoms with van der Waals surface area (Å²) in [5.41, 5.74) is -0.308. The lowest BCUT2D eigenvalue weighted by atomic mass is 9.78. The van der Waals surface area contributed by atoms with Gasteiger partial charge < -0.3 is 19.1 Å². The van der Waals surface area contributed by atoms with Gasteiger partial charge in [0.2, 0.25) is 5.76 Å². The SMILES string of the molecule is CC.CC1(C)OB(c2ccc(CNc3cc(C(F)(F)F)on3)c(F)c2)OC1(C)C. The van der Waals surface area contributed by atoms with Crippen molar-refractivity contribution in [2.24, 2.45) is 0 Å². The van der Waals surface area contributed by atoms with Crippen molar-refractivity contribution in [1.29, 1.82) is 0 Å². The molecule has 1 N–H and O–H groups in total. The average molecular weight is 416 g/mol. The molecule has 1 aliphatic heterocycles. The summed E-state index contributed by atoms with van der Waals surface area (Å²) in [6.45, 7) is 11.5. The second-order valence-corrected chi connectivity index (χ2v) is 7.37. The maximum atomic E-state index is 14.4. The quantitative estimate of drug-likeness (QED) is 0.575. The first-order valence-corrected chi connectivity index (χ1v) is 9.31. The van der Waals surface area contributed by atoms with E-state index in [2.05, 4.69) is 15.0 Å². The summed E-state index contributed by atoms with van der Waals surface area (Å²) >= 11 is 0. The van der Waals surface area contributed by atoms with Crippen LogP contribution in [0.3, 0.4) is 0 Å². The zero-order valence-corrected chi connectivity index (χ0v) is 17.3. The molecule has 0 aliphatic carbocycles. The van der Waals surface area contributed by atoms with Gasteiger partial charge in [-0.25, -0.2) is 4.39 Å². The van der Waals surface area contributed by atoms with Gasteiger partial charge in [0, 0.05) is 18.2 Å². The Hall–Kier alpha value is -2.07. The van der Waals surface area contributed by atoms with E-state index in [0.717, 1.165) is 6.07 Å². The standard InChI is InChI=1S/C17H19BF4N2O3.C2H6/c1-15(2)16(3,4)27-18(26-15)11-6-5-10(12(19)7-11)9-23-14-8-13(25-24-14)17(20,21)22;1-2/h5-8H,9H2,1-4H3,(H,23,24);1-2H3. The summed E-state index contributed by atoms with van der Waals surface area (Å²) in [7, 11) is -0.698. The van der Waals surface area contributed by atoms with E-state index < -0.39 is 36.1 Å². The normalized spacial score (nSPS) is 17.7. The second-order valence-electron chi connectivity index (χ2n) is 7.37. The highest BCUT2D eigenvalue weighted by molar-refractivity contribution is 6.62. The molecule has 1 fully saturated rings. The van der Waals surface area contributed by atoms with Gasteiger partial charge in [-0.3, -0.25) is 0 Å². The van der Waals surface area contributed by atoms with E-state index in [1.165, 1.54) is 12.1 Å². The topological polar surface area (TPSA) is 56.5 Å². The number of nitrogens with one attached hydrogen (secondary N) is 1. The van der Waals surface area contributed by atoms with E-state index in [-0.39, 0.29) is 17.9 Å². The van der Waals surface area contributed by atoms with Crippen LogP contribution in [-0.4, -0.2) is 23.5 Å². The van der Waals surface area contributed by atoms with Crippen LogP contribution in [0.15, 0.2) is 28.8 Å². The van der Waals surface area contributed by atoms with E-state index in [4.69, 9.17) is 9.31 Å². The number of hydrogen-bond acceptors (Lipinski definition) is 5. The fourth-order valence-electron chi connectivity index (χ4n) is 2.51. The van der Waals surface area contributed by atoms with Crippen LogP contribution in [0.4, 0.5) is 23.4 Å². The number of hydrogen-bond donors (Lipinski definition) is 1. The molecule has 5 nitrogen and oxygen atoms in total. The molecule has 1 aromatic heterocycles. The third kappa shape index (κ3) is 5.11. The van der Waals surface area contributed by atoms with Gasteiger partial charge in [0.15, 0.2) is 5.82 Å². The predicted octanol–water partition coefficient (Wildman–Crippen LogP) is 4.77. The fourth-order valence-corrected chi connectivity index (χ4v) is 2.51. The van der Waals surface area contributed by atoms with E-state index in [1.54, 1.807) is 6.07 Å². The molecule has 0 bridgehead atoms. The molecule has 0 atom stereocenters. The average Bonchev–Trinajstić information content (AvgIpc) is 3.18. The van der Waals surface area contributed by atoms with Crippen LogP contribution in [0.2, 0.25) is 0 Å². The Labute approximate surface area is 167 Å². The molecular weight excluding hydrogens is 391 g/mol. The minimum Gasteiger partial charge on any atom is -0.399 e. The van der Waals surface area contributed by atoms with E-state index in [9.17, 15) is 17.6 Å². The van der Waals surface area contributed by atoms with Crippen LogP contribution >= 0.6 is 0 Å². The number of halogens is 4. The Kier molecular flexibility index (Phi) is 6.69. The summed E-state index contributed by atoms with van der Waals surface area (Å²) in [5, 5.41) is 5.87. The van der Waals surface area contributed by atoms with Gasteiger partial charge in [-0.05, 0) is 39.2 Å². The van der Waals surface area contributed by atoms with Crippen molar-refractivity contribution in [2.75, 3.05) is 5.32 Å². The lowest BCUT2D eigenvalue weighted by Crippen LogP contribution is -2.41. The van der Waals surface area contributed by atoms with Gasteiger partial charge in [-0.2, -0.15) is 13.2 Å². The number of aromatic nitrogens is 1. The van der Waals surface area contributed by atoms with Crippen LogP contribution < -0.4 is 10.8 Å². The summed E-state index contributed by atoms with van der Waals surface area (Å²) in [5.74, 6) is -1.88. The number of nitrogens with zero attached hydrogens (tertiary/aromatic N) is 1. The molecule has 0 unspecified atom stereocenters. The molecular formula is C19H25BF4N2O3. The third-order valence-corrected chi connectivity index (χ3v) is 4.85. The molecule has 2 heterocycles. The molecule has 3 rings (SSSR count). The van der Waals surface area contributed by atoms with Crippen LogP contribution in [0.1, 0.15) is 52.9 Å². The Balaban J connectivity index is 0.00000145. The minimum absolute atomic E-state index is 0.0562. The van der Waals surface area contributed by atoms with Crippen LogP contribution in [0.5, 0.6) is 0 Å². The number of benzene rings is 1. The lowest BCUT2D eigenvalue weighted by Gasteiger charge is -2.32. The summed E-state index contributed by atoms with van der Waals surface area (Å²) < 4.78 is 67.8. The molecule has 10 heteroatoms. The fraction of sp³-hybridized carbons (Fsp3) is 0.526. The molecule has 160 valence electrons. The van der Waals surface area contributed by atoms with E-state index >= 15 is 0 Å². The van der Waals surface area contributed by atoms with Crippen molar-refractivity contribution in [1.82, 2.24) is 5.16 Å².